The fourth-order valence-electron chi connectivity index (χ4n) is 3.06. The highest BCUT2D eigenvalue weighted by molar-refractivity contribution is 6.02. The van der Waals surface area contributed by atoms with Gasteiger partial charge in [0.1, 0.15) is 5.60 Å². The summed E-state index contributed by atoms with van der Waals surface area (Å²) < 4.78 is 0. The van der Waals surface area contributed by atoms with Crippen molar-refractivity contribution in [3.05, 3.63) is 58.7 Å². The lowest BCUT2D eigenvalue weighted by Crippen LogP contribution is -2.24. The van der Waals surface area contributed by atoms with E-state index in [1.54, 1.807) is 19.1 Å². The number of carbonyl (C=O) groups is 1. The molecule has 2 aromatic rings. The van der Waals surface area contributed by atoms with Crippen molar-refractivity contribution in [2.45, 2.75) is 19.4 Å². The molecule has 1 aliphatic rings. The lowest BCUT2D eigenvalue weighted by molar-refractivity contribution is 0.0999. The lowest BCUT2D eigenvalue weighted by atomic mass is 9.92. The zero-order chi connectivity index (χ0) is 16.1. The normalized spacial score (nSPS) is 17.7. The topological polar surface area (TPSA) is 102 Å². The van der Waals surface area contributed by atoms with Crippen molar-refractivity contribution >= 4 is 24.3 Å². The largest absolute Gasteiger partial charge is 0.381 e. The molecule has 6 heteroatoms. The number of guanidine groups is 1. The fourth-order valence-corrected chi connectivity index (χ4v) is 3.06. The minimum atomic E-state index is -1.15. The van der Waals surface area contributed by atoms with Gasteiger partial charge in [-0.25, -0.2) is 0 Å². The molecule has 1 aliphatic carbocycles. The number of benzene rings is 2. The van der Waals surface area contributed by atoms with Gasteiger partial charge >= 0.3 is 0 Å². The maximum Gasteiger partial charge on any atom is 0.280 e. The summed E-state index contributed by atoms with van der Waals surface area (Å²) in [6.45, 7) is 3.73. The number of fused-ring (bicyclic) bond motifs is 3. The van der Waals surface area contributed by atoms with Crippen molar-refractivity contribution < 1.29 is 9.90 Å². The first-order valence-electron chi connectivity index (χ1n) is 6.93. The lowest BCUT2D eigenvalue weighted by Gasteiger charge is -2.20. The number of aliphatic imine (C=N–C) groups is 1. The van der Waals surface area contributed by atoms with E-state index in [-0.39, 0.29) is 18.4 Å². The van der Waals surface area contributed by atoms with Gasteiger partial charge < -0.3 is 16.6 Å². The molecule has 1 amide bonds. The number of nitrogens with zero attached hydrogens (tertiary/aromatic N) is 1. The van der Waals surface area contributed by atoms with Gasteiger partial charge in [0.05, 0.1) is 0 Å². The summed E-state index contributed by atoms with van der Waals surface area (Å²) in [6.07, 6.45) is 0. The quantitative estimate of drug-likeness (QED) is 0.550. The third-order valence-electron chi connectivity index (χ3n) is 4.09. The first-order valence-corrected chi connectivity index (χ1v) is 6.93. The zero-order valence-corrected chi connectivity index (χ0v) is 13.6. The van der Waals surface area contributed by atoms with E-state index in [9.17, 15) is 9.90 Å². The van der Waals surface area contributed by atoms with E-state index in [0.29, 0.717) is 11.1 Å². The molecule has 1 atom stereocenters. The van der Waals surface area contributed by atoms with Crippen molar-refractivity contribution in [3.8, 4) is 11.1 Å². The van der Waals surface area contributed by atoms with E-state index >= 15 is 0 Å². The fraction of sp³-hybridized carbons (Fsp3) is 0.176. The maximum absolute atomic E-state index is 12.0. The van der Waals surface area contributed by atoms with Crippen molar-refractivity contribution in [2.75, 3.05) is 0 Å². The molecule has 0 radical (unpaired) electrons. The van der Waals surface area contributed by atoms with Gasteiger partial charge in [0.15, 0.2) is 5.96 Å². The Labute approximate surface area is 140 Å². The average Bonchev–Trinajstić information content (AvgIpc) is 2.68. The molecule has 3 rings (SSSR count). The van der Waals surface area contributed by atoms with Crippen LogP contribution >= 0.6 is 12.4 Å². The van der Waals surface area contributed by atoms with Crippen molar-refractivity contribution in [3.63, 3.8) is 0 Å². The summed E-state index contributed by atoms with van der Waals surface area (Å²) in [4.78, 5) is 15.5. The Kier molecular flexibility index (Phi) is 4.20. The molecule has 1 unspecified atom stereocenters. The maximum atomic E-state index is 12.0. The molecular formula is C17H18ClN3O2. The van der Waals surface area contributed by atoms with Gasteiger partial charge in [-0.3, -0.25) is 4.79 Å². The van der Waals surface area contributed by atoms with Gasteiger partial charge in [0.25, 0.3) is 5.91 Å². The van der Waals surface area contributed by atoms with Crippen LogP contribution in [-0.4, -0.2) is 17.0 Å². The highest BCUT2D eigenvalue weighted by atomic mass is 35.5. The molecule has 0 saturated carbocycles. The van der Waals surface area contributed by atoms with E-state index < -0.39 is 11.5 Å². The third kappa shape index (κ3) is 2.58. The van der Waals surface area contributed by atoms with Crippen molar-refractivity contribution in [2.24, 2.45) is 16.5 Å². The van der Waals surface area contributed by atoms with Gasteiger partial charge in [0.2, 0.25) is 0 Å². The van der Waals surface area contributed by atoms with Crippen LogP contribution in [0.25, 0.3) is 11.1 Å². The molecule has 0 fully saturated rings. The number of nitrogens with two attached hydrogens (primary N) is 2. The number of aryl methyl sites for hydroxylation is 1. The molecule has 23 heavy (non-hydrogen) atoms. The van der Waals surface area contributed by atoms with Crippen LogP contribution in [0.3, 0.4) is 0 Å². The summed E-state index contributed by atoms with van der Waals surface area (Å²) in [5, 5.41) is 10.9. The van der Waals surface area contributed by atoms with Crippen LogP contribution in [0.15, 0.2) is 41.4 Å². The zero-order valence-electron chi connectivity index (χ0n) is 12.8. The van der Waals surface area contributed by atoms with Crippen LogP contribution in [0.5, 0.6) is 0 Å². The minimum Gasteiger partial charge on any atom is -0.381 e. The van der Waals surface area contributed by atoms with E-state index in [1.807, 2.05) is 31.2 Å². The van der Waals surface area contributed by atoms with E-state index in [4.69, 9.17) is 11.5 Å². The second-order valence-corrected chi connectivity index (χ2v) is 5.67. The van der Waals surface area contributed by atoms with Crippen LogP contribution in [0.4, 0.5) is 0 Å². The van der Waals surface area contributed by atoms with E-state index in [0.717, 1.165) is 22.3 Å². The average molecular weight is 332 g/mol. The number of hydrogen-bond acceptors (Lipinski definition) is 2. The molecule has 0 aliphatic heterocycles. The first kappa shape index (κ1) is 17.0. The number of hydrogen-bond donors (Lipinski definition) is 3. The van der Waals surface area contributed by atoms with E-state index in [2.05, 4.69) is 4.99 Å². The molecule has 5 nitrogen and oxygen atoms in total. The third-order valence-corrected chi connectivity index (χ3v) is 4.09. The molecular weight excluding hydrogens is 314 g/mol. The Hall–Kier alpha value is -2.37. The van der Waals surface area contributed by atoms with Gasteiger partial charge in [0, 0.05) is 5.56 Å². The summed E-state index contributed by atoms with van der Waals surface area (Å²) in [5.41, 5.74) is 14.2. The predicted molar refractivity (Wildman–Crippen MR) is 92.7 cm³/mol. The van der Waals surface area contributed by atoms with E-state index in [1.165, 1.54) is 0 Å². The first-order chi connectivity index (χ1) is 10.3. The van der Waals surface area contributed by atoms with Crippen LogP contribution in [0.2, 0.25) is 0 Å². The number of amides is 1. The second kappa shape index (κ2) is 5.68. The number of aliphatic hydroxyl groups is 1. The number of rotatable bonds is 1. The smallest absolute Gasteiger partial charge is 0.280 e. The van der Waals surface area contributed by atoms with Gasteiger partial charge in [-0.15, -0.1) is 12.4 Å². The highest BCUT2D eigenvalue weighted by Crippen LogP contribution is 2.48. The van der Waals surface area contributed by atoms with Gasteiger partial charge in [-0.1, -0.05) is 24.3 Å². The number of halogens is 1. The summed E-state index contributed by atoms with van der Waals surface area (Å²) in [5.74, 6) is -0.803. The highest BCUT2D eigenvalue weighted by Gasteiger charge is 2.38. The molecule has 0 saturated heterocycles. The van der Waals surface area contributed by atoms with Crippen molar-refractivity contribution in [1.29, 1.82) is 0 Å². The van der Waals surface area contributed by atoms with Crippen LogP contribution in [-0.2, 0) is 5.60 Å². The standard InChI is InChI=1S/C17H17N3O2.ClH/c1-9-4-3-5-12-14(9)11-7-6-10(15(21)20-16(18)19)8-13(11)17(12,2)22;/h3-8,22H,1-2H3,(H4,18,19,20,21);1H. The minimum absolute atomic E-state index is 0. The Balaban J connectivity index is 0.00000192. The Morgan fingerprint density at radius 3 is 2.52 bits per heavy atom. The SMILES string of the molecule is Cc1cccc2c1-c1ccc(C(=O)N=C(N)N)cc1C2(C)O.Cl. The van der Waals surface area contributed by atoms with Crippen molar-refractivity contribution in [1.82, 2.24) is 0 Å². The predicted octanol–water partition coefficient (Wildman–Crippen LogP) is 2.07. The Bertz CT molecular complexity index is 825. The second-order valence-electron chi connectivity index (χ2n) is 5.67. The molecule has 0 spiro atoms. The van der Waals surface area contributed by atoms with Crippen LogP contribution < -0.4 is 11.5 Å². The molecule has 5 N–H and O–H groups in total. The molecule has 120 valence electrons. The molecule has 0 bridgehead atoms. The number of carbonyl (C=O) groups excluding carboxylic acids is 1. The Morgan fingerprint density at radius 1 is 1.17 bits per heavy atom. The van der Waals surface area contributed by atoms with Gasteiger partial charge in [-0.05, 0) is 53.8 Å². The molecule has 0 aromatic heterocycles. The van der Waals surface area contributed by atoms with Crippen LogP contribution in [0.1, 0.15) is 34.0 Å². The summed E-state index contributed by atoms with van der Waals surface area (Å²) in [6, 6.07) is 11.0. The molecule has 0 heterocycles. The van der Waals surface area contributed by atoms with Gasteiger partial charge in [-0.2, -0.15) is 4.99 Å². The monoisotopic (exact) mass is 331 g/mol. The molecule has 2 aromatic carbocycles. The summed E-state index contributed by atoms with van der Waals surface area (Å²) in [7, 11) is 0. The summed E-state index contributed by atoms with van der Waals surface area (Å²) >= 11 is 0. The van der Waals surface area contributed by atoms with Crippen LogP contribution in [0, 0.1) is 6.92 Å². The Morgan fingerprint density at radius 2 is 1.87 bits per heavy atom.